The van der Waals surface area contributed by atoms with Crippen molar-refractivity contribution in [3.05, 3.63) is 42.1 Å². The van der Waals surface area contributed by atoms with Gasteiger partial charge in [-0.15, -0.1) is 6.42 Å². The van der Waals surface area contributed by atoms with Crippen LogP contribution in [-0.4, -0.2) is 29.2 Å². The molecule has 0 saturated heterocycles. The zero-order chi connectivity index (χ0) is 14.2. The van der Waals surface area contributed by atoms with E-state index >= 15 is 0 Å². The number of hydrogen-bond donors (Lipinski definition) is 3. The van der Waals surface area contributed by atoms with Crippen LogP contribution in [0.3, 0.4) is 0 Å². The summed E-state index contributed by atoms with van der Waals surface area (Å²) in [4.78, 5) is 11.5. The Morgan fingerprint density at radius 2 is 2.10 bits per heavy atom. The summed E-state index contributed by atoms with van der Waals surface area (Å²) >= 11 is 0. The Bertz CT molecular complexity index is 581. The van der Waals surface area contributed by atoms with Gasteiger partial charge in [0.15, 0.2) is 0 Å². The summed E-state index contributed by atoms with van der Waals surface area (Å²) < 4.78 is 0. The normalized spacial score (nSPS) is 9.95. The first-order valence-electron chi connectivity index (χ1n) is 6.29. The van der Waals surface area contributed by atoms with Crippen LogP contribution in [0.25, 0.3) is 11.3 Å². The Morgan fingerprint density at radius 1 is 1.30 bits per heavy atom. The van der Waals surface area contributed by atoms with E-state index in [-0.39, 0.29) is 12.5 Å². The van der Waals surface area contributed by atoms with Crippen LogP contribution in [0.5, 0.6) is 0 Å². The Balaban J connectivity index is 1.82. The van der Waals surface area contributed by atoms with Crippen molar-refractivity contribution >= 4 is 5.91 Å². The lowest BCUT2D eigenvalue weighted by atomic mass is 10.1. The lowest BCUT2D eigenvalue weighted by molar-refractivity contribution is -0.120. The first-order chi connectivity index (χ1) is 9.79. The minimum absolute atomic E-state index is 0.0714. The predicted octanol–water partition coefficient (Wildman–Crippen LogP) is 0.916. The largest absolute Gasteiger partial charge is 0.351 e. The second-order valence-corrected chi connectivity index (χ2v) is 4.25. The van der Waals surface area contributed by atoms with Crippen LogP contribution in [0, 0.1) is 12.3 Å². The minimum Gasteiger partial charge on any atom is -0.351 e. The second-order valence-electron chi connectivity index (χ2n) is 4.25. The molecule has 0 unspecified atom stereocenters. The number of carbonyl (C=O) groups excluding carboxylic acids is 1. The van der Waals surface area contributed by atoms with E-state index in [1.165, 1.54) is 0 Å². The van der Waals surface area contributed by atoms with Crippen molar-refractivity contribution in [3.63, 3.8) is 0 Å². The molecule has 3 N–H and O–H groups in total. The van der Waals surface area contributed by atoms with Crippen LogP contribution in [0.4, 0.5) is 0 Å². The SMILES string of the molecule is C#CCNCC(=O)NCc1ccc(-c2ccn[nH]2)cc1. The Morgan fingerprint density at radius 3 is 2.75 bits per heavy atom. The van der Waals surface area contributed by atoms with Crippen LogP contribution in [-0.2, 0) is 11.3 Å². The van der Waals surface area contributed by atoms with E-state index in [1.54, 1.807) is 6.20 Å². The van der Waals surface area contributed by atoms with Crippen molar-refractivity contribution < 1.29 is 4.79 Å². The van der Waals surface area contributed by atoms with E-state index in [1.807, 2.05) is 30.3 Å². The maximum atomic E-state index is 11.5. The molecule has 0 bridgehead atoms. The van der Waals surface area contributed by atoms with E-state index in [9.17, 15) is 4.79 Å². The molecule has 1 heterocycles. The molecule has 1 aromatic carbocycles. The molecule has 0 aliphatic heterocycles. The van der Waals surface area contributed by atoms with Crippen molar-refractivity contribution in [2.24, 2.45) is 0 Å². The van der Waals surface area contributed by atoms with Crippen molar-refractivity contribution in [2.45, 2.75) is 6.54 Å². The standard InChI is InChI=1S/C15H16N4O/c1-2-8-16-11-15(20)17-10-12-3-5-13(6-4-12)14-7-9-18-19-14/h1,3-7,9,16H,8,10-11H2,(H,17,20)(H,18,19). The summed E-state index contributed by atoms with van der Waals surface area (Å²) in [6.45, 7) is 1.13. The average molecular weight is 268 g/mol. The molecule has 0 saturated carbocycles. The zero-order valence-corrected chi connectivity index (χ0v) is 11.0. The summed E-state index contributed by atoms with van der Waals surface area (Å²) in [6.07, 6.45) is 6.80. The van der Waals surface area contributed by atoms with E-state index in [2.05, 4.69) is 26.8 Å². The maximum Gasteiger partial charge on any atom is 0.234 e. The topological polar surface area (TPSA) is 69.8 Å². The molecule has 1 aromatic heterocycles. The summed E-state index contributed by atoms with van der Waals surface area (Å²) in [5, 5.41) is 12.5. The number of hydrogen-bond acceptors (Lipinski definition) is 3. The van der Waals surface area contributed by atoms with Crippen LogP contribution in [0.2, 0.25) is 0 Å². The summed E-state index contributed by atoms with van der Waals surface area (Å²) in [5.74, 6) is 2.35. The van der Waals surface area contributed by atoms with Gasteiger partial charge in [-0.25, -0.2) is 0 Å². The van der Waals surface area contributed by atoms with Crippen molar-refractivity contribution in [1.82, 2.24) is 20.8 Å². The number of aromatic amines is 1. The van der Waals surface area contributed by atoms with Crippen LogP contribution < -0.4 is 10.6 Å². The van der Waals surface area contributed by atoms with Gasteiger partial charge < -0.3 is 5.32 Å². The van der Waals surface area contributed by atoms with Gasteiger partial charge in [0.05, 0.1) is 18.8 Å². The number of nitrogens with zero attached hydrogens (tertiary/aromatic N) is 1. The highest BCUT2D eigenvalue weighted by molar-refractivity contribution is 5.78. The molecule has 0 atom stereocenters. The lowest BCUT2D eigenvalue weighted by Crippen LogP contribution is -2.33. The van der Waals surface area contributed by atoms with Gasteiger partial charge in [0.25, 0.3) is 0 Å². The van der Waals surface area contributed by atoms with Crippen LogP contribution in [0.15, 0.2) is 36.5 Å². The highest BCUT2D eigenvalue weighted by Gasteiger charge is 2.01. The molecule has 1 amide bonds. The number of aromatic nitrogens is 2. The Labute approximate surface area is 117 Å². The third-order valence-electron chi connectivity index (χ3n) is 2.77. The van der Waals surface area contributed by atoms with Gasteiger partial charge in [-0.05, 0) is 17.2 Å². The predicted molar refractivity (Wildman–Crippen MR) is 77.6 cm³/mol. The van der Waals surface area contributed by atoms with E-state index < -0.39 is 0 Å². The highest BCUT2D eigenvalue weighted by Crippen LogP contribution is 2.16. The molecule has 0 spiro atoms. The number of carbonyl (C=O) groups is 1. The number of terminal acetylenes is 1. The Kier molecular flexibility index (Phi) is 4.93. The summed E-state index contributed by atoms with van der Waals surface area (Å²) in [5.41, 5.74) is 3.07. The summed E-state index contributed by atoms with van der Waals surface area (Å²) in [7, 11) is 0. The fourth-order valence-electron chi connectivity index (χ4n) is 1.73. The molecule has 102 valence electrons. The third kappa shape index (κ3) is 3.97. The van der Waals surface area contributed by atoms with Crippen molar-refractivity contribution in [1.29, 1.82) is 0 Å². The van der Waals surface area contributed by atoms with Gasteiger partial charge >= 0.3 is 0 Å². The smallest absolute Gasteiger partial charge is 0.234 e. The van der Waals surface area contributed by atoms with Crippen LogP contribution >= 0.6 is 0 Å². The van der Waals surface area contributed by atoms with Gasteiger partial charge in [0, 0.05) is 12.7 Å². The molecule has 5 heteroatoms. The fraction of sp³-hybridized carbons (Fsp3) is 0.200. The molecule has 2 rings (SSSR count). The Hall–Kier alpha value is -2.58. The van der Waals surface area contributed by atoms with Crippen molar-refractivity contribution in [3.8, 4) is 23.6 Å². The number of benzene rings is 1. The average Bonchev–Trinajstić information content (AvgIpc) is 3.00. The molecule has 0 aliphatic carbocycles. The van der Waals surface area contributed by atoms with Gasteiger partial charge in [-0.3, -0.25) is 15.2 Å². The van der Waals surface area contributed by atoms with Gasteiger partial charge in [-0.2, -0.15) is 5.10 Å². The first-order valence-corrected chi connectivity index (χ1v) is 6.29. The molecular formula is C15H16N4O. The maximum absolute atomic E-state index is 11.5. The minimum atomic E-state index is -0.0714. The lowest BCUT2D eigenvalue weighted by Gasteiger charge is -2.06. The van der Waals surface area contributed by atoms with Crippen LogP contribution in [0.1, 0.15) is 5.56 Å². The van der Waals surface area contributed by atoms with Gasteiger partial charge in [0.1, 0.15) is 0 Å². The number of amides is 1. The molecular weight excluding hydrogens is 252 g/mol. The quantitative estimate of drug-likeness (QED) is 0.539. The fourth-order valence-corrected chi connectivity index (χ4v) is 1.73. The first kappa shape index (κ1) is 13.8. The molecule has 2 aromatic rings. The van der Waals surface area contributed by atoms with E-state index in [4.69, 9.17) is 6.42 Å². The van der Waals surface area contributed by atoms with E-state index in [0.717, 1.165) is 16.8 Å². The number of nitrogens with one attached hydrogen (secondary N) is 3. The monoisotopic (exact) mass is 268 g/mol. The third-order valence-corrected chi connectivity index (χ3v) is 2.77. The molecule has 5 nitrogen and oxygen atoms in total. The molecule has 20 heavy (non-hydrogen) atoms. The molecule has 0 aliphatic rings. The second kappa shape index (κ2) is 7.12. The number of H-pyrrole nitrogens is 1. The number of rotatable bonds is 6. The van der Waals surface area contributed by atoms with E-state index in [0.29, 0.717) is 13.1 Å². The molecule has 0 fully saturated rings. The van der Waals surface area contributed by atoms with Gasteiger partial charge in [0.2, 0.25) is 5.91 Å². The molecule has 0 radical (unpaired) electrons. The zero-order valence-electron chi connectivity index (χ0n) is 11.0. The van der Waals surface area contributed by atoms with Crippen molar-refractivity contribution in [2.75, 3.05) is 13.1 Å². The summed E-state index contributed by atoms with van der Waals surface area (Å²) in [6, 6.07) is 9.85. The van der Waals surface area contributed by atoms with Gasteiger partial charge in [-0.1, -0.05) is 30.2 Å². The highest BCUT2D eigenvalue weighted by atomic mass is 16.1.